The van der Waals surface area contributed by atoms with Crippen LogP contribution >= 0.6 is 0 Å². The third-order valence-electron chi connectivity index (χ3n) is 7.75. The van der Waals surface area contributed by atoms with Crippen molar-refractivity contribution < 1.29 is 4.42 Å². The summed E-state index contributed by atoms with van der Waals surface area (Å²) in [6.07, 6.45) is 0. The molecule has 0 fully saturated rings. The summed E-state index contributed by atoms with van der Waals surface area (Å²) in [6.45, 7) is 0. The van der Waals surface area contributed by atoms with Crippen LogP contribution in [0.2, 0.25) is 0 Å². The molecule has 0 aliphatic carbocycles. The number of furan rings is 1. The van der Waals surface area contributed by atoms with Crippen LogP contribution in [0.3, 0.4) is 0 Å². The first-order chi connectivity index (χ1) is 21.3. The Labute approximate surface area is 247 Å². The predicted octanol–water partition coefficient (Wildman–Crippen LogP) is 9.46. The van der Waals surface area contributed by atoms with Crippen LogP contribution in [-0.2, 0) is 0 Å². The van der Waals surface area contributed by atoms with Gasteiger partial charge in [0.1, 0.15) is 11.2 Å². The molecule has 43 heavy (non-hydrogen) atoms. The number of fused-ring (bicyclic) bond motifs is 5. The summed E-state index contributed by atoms with van der Waals surface area (Å²) in [7, 11) is 0. The van der Waals surface area contributed by atoms with Gasteiger partial charge in [0, 0.05) is 38.2 Å². The minimum absolute atomic E-state index is 0.594. The Bertz CT molecular complexity index is 2300. The molecule has 6 aromatic carbocycles. The van der Waals surface area contributed by atoms with Gasteiger partial charge in [-0.2, -0.15) is 5.26 Å². The van der Waals surface area contributed by atoms with Crippen molar-refractivity contribution in [2.45, 2.75) is 0 Å². The summed E-state index contributed by atoms with van der Waals surface area (Å²) in [5.74, 6) is 1.83. The van der Waals surface area contributed by atoms with Gasteiger partial charge in [-0.3, -0.25) is 0 Å². The average molecular weight is 551 g/mol. The van der Waals surface area contributed by atoms with Gasteiger partial charge in [-0.05, 0) is 29.3 Å². The van der Waals surface area contributed by atoms with Crippen molar-refractivity contribution in [1.82, 2.24) is 15.0 Å². The molecule has 0 amide bonds. The van der Waals surface area contributed by atoms with E-state index in [1.165, 1.54) is 0 Å². The smallest absolute Gasteiger partial charge is 0.164 e. The molecule has 0 radical (unpaired) electrons. The van der Waals surface area contributed by atoms with E-state index in [4.69, 9.17) is 19.4 Å². The van der Waals surface area contributed by atoms with Crippen LogP contribution in [0.25, 0.3) is 78.0 Å². The molecular formula is C38H22N4O. The quantitative estimate of drug-likeness (QED) is 0.218. The van der Waals surface area contributed by atoms with E-state index in [9.17, 15) is 5.26 Å². The van der Waals surface area contributed by atoms with Gasteiger partial charge in [-0.25, -0.2) is 15.0 Å². The van der Waals surface area contributed by atoms with Crippen LogP contribution in [0.1, 0.15) is 5.56 Å². The lowest BCUT2D eigenvalue weighted by Crippen LogP contribution is -2.00. The highest BCUT2D eigenvalue weighted by Crippen LogP contribution is 2.41. The third-order valence-corrected chi connectivity index (χ3v) is 7.75. The van der Waals surface area contributed by atoms with Crippen molar-refractivity contribution in [3.63, 3.8) is 0 Å². The van der Waals surface area contributed by atoms with Crippen LogP contribution in [-0.4, -0.2) is 15.0 Å². The van der Waals surface area contributed by atoms with E-state index in [0.717, 1.165) is 60.5 Å². The van der Waals surface area contributed by atoms with Crippen LogP contribution in [0.4, 0.5) is 0 Å². The highest BCUT2D eigenvalue weighted by Gasteiger charge is 2.18. The lowest BCUT2D eigenvalue weighted by molar-refractivity contribution is 0.673. The molecule has 8 aromatic rings. The Kier molecular flexibility index (Phi) is 5.77. The molecule has 200 valence electrons. The Morgan fingerprint density at radius 3 is 1.72 bits per heavy atom. The minimum atomic E-state index is 0.594. The normalized spacial score (nSPS) is 11.2. The fourth-order valence-corrected chi connectivity index (χ4v) is 5.74. The van der Waals surface area contributed by atoms with Crippen molar-refractivity contribution in [2.75, 3.05) is 0 Å². The summed E-state index contributed by atoms with van der Waals surface area (Å²) >= 11 is 0. The lowest BCUT2D eigenvalue weighted by Gasteiger charge is -2.10. The zero-order valence-corrected chi connectivity index (χ0v) is 22.9. The first-order valence-corrected chi connectivity index (χ1v) is 14.0. The van der Waals surface area contributed by atoms with E-state index in [-0.39, 0.29) is 0 Å². The molecule has 2 aromatic heterocycles. The fourth-order valence-electron chi connectivity index (χ4n) is 5.74. The van der Waals surface area contributed by atoms with Crippen LogP contribution in [0.15, 0.2) is 138 Å². The van der Waals surface area contributed by atoms with Gasteiger partial charge in [0.15, 0.2) is 17.5 Å². The maximum Gasteiger partial charge on any atom is 0.164 e. The molecule has 0 aliphatic heterocycles. The second-order valence-corrected chi connectivity index (χ2v) is 10.4. The Morgan fingerprint density at radius 1 is 0.488 bits per heavy atom. The fraction of sp³-hybridized carbons (Fsp3) is 0. The van der Waals surface area contributed by atoms with Crippen LogP contribution < -0.4 is 0 Å². The molecule has 8 rings (SSSR count). The molecule has 2 heterocycles. The molecule has 0 atom stereocenters. The molecule has 5 heteroatoms. The number of aromatic nitrogens is 3. The highest BCUT2D eigenvalue weighted by molar-refractivity contribution is 6.20. The molecule has 0 aliphatic rings. The van der Waals surface area contributed by atoms with Crippen molar-refractivity contribution in [3.8, 4) is 51.4 Å². The molecule has 0 saturated heterocycles. The third kappa shape index (κ3) is 4.21. The maximum atomic E-state index is 9.96. The first kappa shape index (κ1) is 24.7. The zero-order chi connectivity index (χ0) is 28.8. The van der Waals surface area contributed by atoms with E-state index in [2.05, 4.69) is 24.3 Å². The van der Waals surface area contributed by atoms with Gasteiger partial charge in [0.25, 0.3) is 0 Å². The van der Waals surface area contributed by atoms with E-state index in [0.29, 0.717) is 23.0 Å². The Morgan fingerprint density at radius 2 is 1.05 bits per heavy atom. The number of nitriles is 1. The number of benzene rings is 6. The average Bonchev–Trinajstić information content (AvgIpc) is 3.47. The topological polar surface area (TPSA) is 75.6 Å². The van der Waals surface area contributed by atoms with Crippen molar-refractivity contribution in [2.24, 2.45) is 0 Å². The summed E-state index contributed by atoms with van der Waals surface area (Å²) in [4.78, 5) is 14.7. The van der Waals surface area contributed by atoms with Gasteiger partial charge in [0.05, 0.1) is 11.6 Å². The monoisotopic (exact) mass is 550 g/mol. The van der Waals surface area contributed by atoms with E-state index < -0.39 is 0 Å². The van der Waals surface area contributed by atoms with E-state index in [1.54, 1.807) is 0 Å². The van der Waals surface area contributed by atoms with Crippen molar-refractivity contribution in [1.29, 1.82) is 5.26 Å². The van der Waals surface area contributed by atoms with E-state index in [1.807, 2.05) is 115 Å². The second kappa shape index (κ2) is 10.1. The van der Waals surface area contributed by atoms with E-state index >= 15 is 0 Å². The van der Waals surface area contributed by atoms with Crippen LogP contribution in [0, 0.1) is 11.3 Å². The zero-order valence-electron chi connectivity index (χ0n) is 22.9. The van der Waals surface area contributed by atoms with Crippen molar-refractivity contribution >= 4 is 32.7 Å². The number of nitrogens with zero attached hydrogens (tertiary/aromatic N) is 4. The Hall–Kier alpha value is -6.12. The summed E-state index contributed by atoms with van der Waals surface area (Å²) in [5, 5.41) is 13.7. The van der Waals surface area contributed by atoms with Gasteiger partial charge >= 0.3 is 0 Å². The summed E-state index contributed by atoms with van der Waals surface area (Å²) in [6, 6.07) is 46.5. The molecule has 0 bridgehead atoms. The molecular weight excluding hydrogens is 528 g/mol. The minimum Gasteiger partial charge on any atom is -0.455 e. The summed E-state index contributed by atoms with van der Waals surface area (Å²) < 4.78 is 6.43. The first-order valence-electron chi connectivity index (χ1n) is 14.0. The van der Waals surface area contributed by atoms with Crippen LogP contribution in [0.5, 0.6) is 0 Å². The number of hydrogen-bond acceptors (Lipinski definition) is 5. The maximum absolute atomic E-state index is 9.96. The summed E-state index contributed by atoms with van der Waals surface area (Å²) in [5.41, 5.74) is 6.92. The molecule has 5 nitrogen and oxygen atoms in total. The number of rotatable bonds is 4. The Balaban J connectivity index is 1.33. The van der Waals surface area contributed by atoms with Gasteiger partial charge in [-0.1, -0.05) is 115 Å². The highest BCUT2D eigenvalue weighted by atomic mass is 16.3. The van der Waals surface area contributed by atoms with Gasteiger partial charge < -0.3 is 4.42 Å². The van der Waals surface area contributed by atoms with Gasteiger partial charge in [-0.15, -0.1) is 0 Å². The molecule has 0 N–H and O–H groups in total. The standard InChI is InChI=1S/C38H22N4O/c39-23-28-22-32-34-30(19-10-20-33(34)43-35(32)31-18-8-7-17-29(28)31)26-15-9-16-27(21-26)38-41-36(24-11-3-1-4-12-24)40-37(42-38)25-13-5-2-6-14-25/h1-22H. The molecule has 0 unspecified atom stereocenters. The predicted molar refractivity (Wildman–Crippen MR) is 171 cm³/mol. The van der Waals surface area contributed by atoms with Crippen molar-refractivity contribution in [3.05, 3.63) is 139 Å². The largest absolute Gasteiger partial charge is 0.455 e. The van der Waals surface area contributed by atoms with Gasteiger partial charge in [0.2, 0.25) is 0 Å². The molecule has 0 spiro atoms. The lowest BCUT2D eigenvalue weighted by atomic mass is 9.95. The molecule has 0 saturated carbocycles. The SMILES string of the molecule is N#Cc1cc2c(oc3cccc(-c4cccc(-c5nc(-c6ccccc6)nc(-c6ccccc6)n5)c4)c32)c2ccccc12. The number of hydrogen-bond donors (Lipinski definition) is 0. The second-order valence-electron chi connectivity index (χ2n) is 10.4.